The predicted octanol–water partition coefficient (Wildman–Crippen LogP) is 3.29. The molecule has 20 heavy (non-hydrogen) atoms. The Labute approximate surface area is 124 Å². The van der Waals surface area contributed by atoms with Gasteiger partial charge in [-0.1, -0.05) is 30.3 Å². The minimum absolute atomic E-state index is 0.280. The SMILES string of the molecule is CN(c1ccccc1)S(=O)(=O)c1ccc(CCCl)cc1. The Morgan fingerprint density at radius 2 is 1.60 bits per heavy atom. The molecule has 0 aromatic heterocycles. The van der Waals surface area contributed by atoms with Crippen LogP contribution in [0.3, 0.4) is 0 Å². The monoisotopic (exact) mass is 309 g/mol. The highest BCUT2D eigenvalue weighted by Gasteiger charge is 2.20. The van der Waals surface area contributed by atoms with Gasteiger partial charge in [-0.25, -0.2) is 8.42 Å². The lowest BCUT2D eigenvalue weighted by molar-refractivity contribution is 0.594. The summed E-state index contributed by atoms with van der Waals surface area (Å²) in [7, 11) is -1.97. The highest BCUT2D eigenvalue weighted by atomic mass is 35.5. The molecule has 0 atom stereocenters. The first kappa shape index (κ1) is 14.9. The van der Waals surface area contributed by atoms with E-state index in [1.54, 1.807) is 43.4 Å². The zero-order valence-corrected chi connectivity index (χ0v) is 12.7. The number of anilines is 1. The van der Waals surface area contributed by atoms with Crippen molar-refractivity contribution >= 4 is 27.3 Å². The number of benzene rings is 2. The second-order valence-corrected chi connectivity index (χ2v) is 6.74. The third-order valence-corrected chi connectivity index (χ3v) is 5.07. The van der Waals surface area contributed by atoms with E-state index >= 15 is 0 Å². The molecule has 0 aliphatic heterocycles. The van der Waals surface area contributed by atoms with Crippen LogP contribution in [0.2, 0.25) is 0 Å². The number of sulfonamides is 1. The van der Waals surface area contributed by atoms with Crippen LogP contribution in [0.25, 0.3) is 0 Å². The maximum absolute atomic E-state index is 12.5. The standard InChI is InChI=1S/C15H16ClNO2S/c1-17(14-5-3-2-4-6-14)20(18,19)15-9-7-13(8-10-15)11-12-16/h2-10H,11-12H2,1H3. The van der Waals surface area contributed by atoms with E-state index in [9.17, 15) is 8.42 Å². The second-order valence-electron chi connectivity index (χ2n) is 4.39. The molecule has 2 aromatic carbocycles. The van der Waals surface area contributed by atoms with Crippen molar-refractivity contribution in [2.24, 2.45) is 0 Å². The maximum Gasteiger partial charge on any atom is 0.264 e. The lowest BCUT2D eigenvalue weighted by atomic mass is 10.2. The molecule has 0 aliphatic rings. The van der Waals surface area contributed by atoms with Gasteiger partial charge in [-0.15, -0.1) is 11.6 Å². The van der Waals surface area contributed by atoms with Gasteiger partial charge < -0.3 is 0 Å². The van der Waals surface area contributed by atoms with Crippen molar-refractivity contribution in [2.75, 3.05) is 17.2 Å². The van der Waals surface area contributed by atoms with Gasteiger partial charge in [-0.2, -0.15) is 0 Å². The first-order chi connectivity index (χ1) is 9.55. The summed E-state index contributed by atoms with van der Waals surface area (Å²) in [5.41, 5.74) is 1.67. The highest BCUT2D eigenvalue weighted by molar-refractivity contribution is 7.92. The predicted molar refractivity (Wildman–Crippen MR) is 82.9 cm³/mol. The van der Waals surface area contributed by atoms with Crippen molar-refractivity contribution in [2.45, 2.75) is 11.3 Å². The molecule has 106 valence electrons. The van der Waals surface area contributed by atoms with Crippen LogP contribution in [0.1, 0.15) is 5.56 Å². The Morgan fingerprint density at radius 3 is 2.15 bits per heavy atom. The summed E-state index contributed by atoms with van der Waals surface area (Å²) in [6.45, 7) is 0. The van der Waals surface area contributed by atoms with Gasteiger partial charge in [0.05, 0.1) is 10.6 Å². The minimum Gasteiger partial charge on any atom is -0.269 e. The second kappa shape index (κ2) is 6.29. The van der Waals surface area contributed by atoms with Crippen LogP contribution in [0.4, 0.5) is 5.69 Å². The molecule has 0 fully saturated rings. The summed E-state index contributed by atoms with van der Waals surface area (Å²) in [6.07, 6.45) is 0.733. The van der Waals surface area contributed by atoms with Gasteiger partial charge in [-0.3, -0.25) is 4.31 Å². The summed E-state index contributed by atoms with van der Waals surface area (Å²) < 4.78 is 26.3. The van der Waals surface area contributed by atoms with E-state index in [0.717, 1.165) is 12.0 Å². The Hall–Kier alpha value is -1.52. The van der Waals surface area contributed by atoms with Crippen LogP contribution < -0.4 is 4.31 Å². The molecule has 0 unspecified atom stereocenters. The molecule has 0 spiro atoms. The van der Waals surface area contributed by atoms with Gasteiger partial charge in [-0.05, 0) is 36.2 Å². The van der Waals surface area contributed by atoms with Crippen molar-refractivity contribution in [3.8, 4) is 0 Å². The normalized spacial score (nSPS) is 11.3. The summed E-state index contributed by atoms with van der Waals surface area (Å²) in [4.78, 5) is 0.280. The molecule has 0 heterocycles. The van der Waals surface area contributed by atoms with Crippen LogP contribution in [0, 0.1) is 0 Å². The lowest BCUT2D eigenvalue weighted by Gasteiger charge is -2.19. The number of hydrogen-bond acceptors (Lipinski definition) is 2. The van der Waals surface area contributed by atoms with Crippen molar-refractivity contribution in [3.63, 3.8) is 0 Å². The minimum atomic E-state index is -3.52. The average Bonchev–Trinajstić information content (AvgIpc) is 2.48. The number of aryl methyl sites for hydroxylation is 1. The Kier molecular flexibility index (Phi) is 4.68. The number of hydrogen-bond donors (Lipinski definition) is 0. The van der Waals surface area contributed by atoms with Crippen LogP contribution >= 0.6 is 11.6 Å². The van der Waals surface area contributed by atoms with E-state index in [4.69, 9.17) is 11.6 Å². The molecule has 3 nitrogen and oxygen atoms in total. The summed E-state index contributed by atoms with van der Waals surface area (Å²) >= 11 is 5.67. The van der Waals surface area contributed by atoms with Gasteiger partial charge in [0.1, 0.15) is 0 Å². The number of nitrogens with zero attached hydrogens (tertiary/aromatic N) is 1. The first-order valence-electron chi connectivity index (χ1n) is 6.24. The highest BCUT2D eigenvalue weighted by Crippen LogP contribution is 2.21. The zero-order chi connectivity index (χ0) is 14.6. The molecule has 5 heteroatoms. The van der Waals surface area contributed by atoms with E-state index in [2.05, 4.69) is 0 Å². The Morgan fingerprint density at radius 1 is 1.00 bits per heavy atom. The number of rotatable bonds is 5. The van der Waals surface area contributed by atoms with Crippen molar-refractivity contribution < 1.29 is 8.42 Å². The Bertz CT molecular complexity index is 654. The first-order valence-corrected chi connectivity index (χ1v) is 8.22. The fourth-order valence-electron chi connectivity index (χ4n) is 1.87. The topological polar surface area (TPSA) is 37.4 Å². The van der Waals surface area contributed by atoms with E-state index in [1.165, 1.54) is 4.31 Å². The van der Waals surface area contributed by atoms with E-state index in [1.807, 2.05) is 18.2 Å². The smallest absolute Gasteiger partial charge is 0.264 e. The molecule has 2 aromatic rings. The largest absolute Gasteiger partial charge is 0.269 e. The average molecular weight is 310 g/mol. The fourth-order valence-corrected chi connectivity index (χ4v) is 3.29. The lowest BCUT2D eigenvalue weighted by Crippen LogP contribution is -2.26. The molecule has 0 radical (unpaired) electrons. The van der Waals surface area contributed by atoms with E-state index in [0.29, 0.717) is 11.6 Å². The van der Waals surface area contributed by atoms with Gasteiger partial charge in [0, 0.05) is 12.9 Å². The van der Waals surface area contributed by atoms with Crippen LogP contribution in [0.5, 0.6) is 0 Å². The summed E-state index contributed by atoms with van der Waals surface area (Å²) in [6, 6.07) is 15.8. The maximum atomic E-state index is 12.5. The Balaban J connectivity index is 2.30. The zero-order valence-electron chi connectivity index (χ0n) is 11.2. The van der Waals surface area contributed by atoms with Crippen LogP contribution in [-0.2, 0) is 16.4 Å². The molecule has 0 N–H and O–H groups in total. The third-order valence-electron chi connectivity index (χ3n) is 3.08. The number of halogens is 1. The molecule has 2 rings (SSSR count). The van der Waals surface area contributed by atoms with E-state index < -0.39 is 10.0 Å². The van der Waals surface area contributed by atoms with Gasteiger partial charge in [0.25, 0.3) is 10.0 Å². The van der Waals surface area contributed by atoms with Crippen LogP contribution in [-0.4, -0.2) is 21.3 Å². The summed E-state index contributed by atoms with van der Waals surface area (Å²) in [5, 5.41) is 0. The van der Waals surface area contributed by atoms with Gasteiger partial charge >= 0.3 is 0 Å². The third kappa shape index (κ3) is 3.14. The number of alkyl halides is 1. The van der Waals surface area contributed by atoms with Crippen LogP contribution in [0.15, 0.2) is 59.5 Å². The quantitative estimate of drug-likeness (QED) is 0.795. The summed E-state index contributed by atoms with van der Waals surface area (Å²) in [5.74, 6) is 0.524. The van der Waals surface area contributed by atoms with Crippen molar-refractivity contribution in [1.29, 1.82) is 0 Å². The molecule has 0 bridgehead atoms. The van der Waals surface area contributed by atoms with Gasteiger partial charge in [0.2, 0.25) is 0 Å². The molecular weight excluding hydrogens is 294 g/mol. The molecule has 0 saturated heterocycles. The number of para-hydroxylation sites is 1. The fraction of sp³-hybridized carbons (Fsp3) is 0.200. The van der Waals surface area contributed by atoms with Gasteiger partial charge in [0.15, 0.2) is 0 Å². The van der Waals surface area contributed by atoms with Crippen molar-refractivity contribution in [1.82, 2.24) is 0 Å². The molecule has 0 saturated carbocycles. The van der Waals surface area contributed by atoms with Crippen molar-refractivity contribution in [3.05, 3.63) is 60.2 Å². The molecule has 0 aliphatic carbocycles. The van der Waals surface area contributed by atoms with E-state index in [-0.39, 0.29) is 4.90 Å². The molecular formula is C15H16ClNO2S. The molecule has 0 amide bonds.